The number of esters is 1. The van der Waals surface area contributed by atoms with E-state index >= 15 is 0 Å². The number of carbonyl (C=O) groups excluding carboxylic acids is 1. The van der Waals surface area contributed by atoms with Crippen LogP contribution in [-0.2, 0) is 14.3 Å². The van der Waals surface area contributed by atoms with Gasteiger partial charge in [0.1, 0.15) is 11.6 Å². The lowest BCUT2D eigenvalue weighted by atomic mass is 9.83. The fourth-order valence-electron chi connectivity index (χ4n) is 4.28. The number of carboxylic acids is 1. The zero-order valence-corrected chi connectivity index (χ0v) is 14.8. The molecular formula is C22H18F2O4. The van der Waals surface area contributed by atoms with Gasteiger partial charge in [0.05, 0.1) is 11.8 Å². The number of rotatable bonds is 5. The molecule has 1 saturated carbocycles. The van der Waals surface area contributed by atoms with Crippen molar-refractivity contribution in [1.29, 1.82) is 0 Å². The summed E-state index contributed by atoms with van der Waals surface area (Å²) < 4.78 is 32.4. The van der Waals surface area contributed by atoms with Crippen molar-refractivity contribution in [3.05, 3.63) is 83.4 Å². The third-order valence-corrected chi connectivity index (χ3v) is 5.60. The SMILES string of the molecule is O=C(O)[C@H]1[C@H](C(=O)OC(c2ccc(F)cc2)c2ccc(F)cc2)[C@H]2C=C[C@H]1C2. The van der Waals surface area contributed by atoms with E-state index < -0.39 is 41.5 Å². The Kier molecular flexibility index (Phi) is 4.71. The molecule has 2 aromatic carbocycles. The van der Waals surface area contributed by atoms with Gasteiger partial charge in [-0.15, -0.1) is 0 Å². The Morgan fingerprint density at radius 3 is 1.79 bits per heavy atom. The fourth-order valence-corrected chi connectivity index (χ4v) is 4.28. The first kappa shape index (κ1) is 18.3. The van der Waals surface area contributed by atoms with Gasteiger partial charge in [0.25, 0.3) is 0 Å². The van der Waals surface area contributed by atoms with Crippen LogP contribution in [0.15, 0.2) is 60.7 Å². The lowest BCUT2D eigenvalue weighted by molar-refractivity contribution is -0.161. The van der Waals surface area contributed by atoms with E-state index in [4.69, 9.17) is 4.74 Å². The van der Waals surface area contributed by atoms with E-state index in [1.54, 1.807) is 0 Å². The second kappa shape index (κ2) is 7.19. The third kappa shape index (κ3) is 3.30. The third-order valence-electron chi connectivity index (χ3n) is 5.60. The minimum absolute atomic E-state index is 0.166. The molecule has 2 bridgehead atoms. The Labute approximate surface area is 160 Å². The number of ether oxygens (including phenoxy) is 1. The maximum atomic E-state index is 13.3. The number of aliphatic carboxylic acids is 1. The van der Waals surface area contributed by atoms with Crippen LogP contribution < -0.4 is 0 Å². The maximum absolute atomic E-state index is 13.3. The molecule has 6 heteroatoms. The summed E-state index contributed by atoms with van der Waals surface area (Å²) in [6, 6.07) is 11.0. The van der Waals surface area contributed by atoms with Crippen LogP contribution in [0.1, 0.15) is 23.7 Å². The van der Waals surface area contributed by atoms with Crippen LogP contribution in [0.4, 0.5) is 8.78 Å². The van der Waals surface area contributed by atoms with Crippen LogP contribution in [0, 0.1) is 35.3 Å². The van der Waals surface area contributed by atoms with Crippen molar-refractivity contribution in [2.45, 2.75) is 12.5 Å². The van der Waals surface area contributed by atoms with Crippen LogP contribution >= 0.6 is 0 Å². The number of hydrogen-bond acceptors (Lipinski definition) is 3. The summed E-state index contributed by atoms with van der Waals surface area (Å²) >= 11 is 0. The molecular weight excluding hydrogens is 366 g/mol. The summed E-state index contributed by atoms with van der Waals surface area (Å²) in [5.41, 5.74) is 1.04. The summed E-state index contributed by atoms with van der Waals surface area (Å²) in [5.74, 6) is -4.41. The van der Waals surface area contributed by atoms with Crippen LogP contribution in [0.3, 0.4) is 0 Å². The second-order valence-corrected chi connectivity index (χ2v) is 7.26. The Balaban J connectivity index is 1.64. The van der Waals surface area contributed by atoms with Gasteiger partial charge in [0.15, 0.2) is 6.10 Å². The topological polar surface area (TPSA) is 63.6 Å². The molecule has 0 spiro atoms. The van der Waals surface area contributed by atoms with Gasteiger partial charge in [-0.05, 0) is 53.6 Å². The van der Waals surface area contributed by atoms with E-state index in [0.29, 0.717) is 17.5 Å². The smallest absolute Gasteiger partial charge is 0.311 e. The van der Waals surface area contributed by atoms with Crippen molar-refractivity contribution >= 4 is 11.9 Å². The molecule has 0 unspecified atom stereocenters. The molecule has 2 aromatic rings. The number of carboxylic acid groups (broad SMARTS) is 1. The van der Waals surface area contributed by atoms with Crippen molar-refractivity contribution in [3.63, 3.8) is 0 Å². The molecule has 4 rings (SSSR count). The number of hydrogen-bond donors (Lipinski definition) is 1. The minimum Gasteiger partial charge on any atom is -0.481 e. The molecule has 0 radical (unpaired) electrons. The maximum Gasteiger partial charge on any atom is 0.311 e. The Morgan fingerprint density at radius 1 is 0.857 bits per heavy atom. The normalized spacial score (nSPS) is 25.2. The number of benzene rings is 2. The number of allylic oxidation sites excluding steroid dienone is 2. The molecule has 2 aliphatic rings. The molecule has 0 aliphatic heterocycles. The molecule has 28 heavy (non-hydrogen) atoms. The van der Waals surface area contributed by atoms with Gasteiger partial charge >= 0.3 is 11.9 Å². The molecule has 1 N–H and O–H groups in total. The Bertz CT molecular complexity index is 875. The highest BCUT2D eigenvalue weighted by Gasteiger charge is 2.52. The monoisotopic (exact) mass is 384 g/mol. The predicted octanol–water partition coefficient (Wildman–Crippen LogP) is 4.12. The lowest BCUT2D eigenvalue weighted by Gasteiger charge is -2.26. The highest BCUT2D eigenvalue weighted by Crippen LogP contribution is 2.49. The molecule has 2 aliphatic carbocycles. The largest absolute Gasteiger partial charge is 0.481 e. The number of fused-ring (bicyclic) bond motifs is 2. The summed E-state index contributed by atoms with van der Waals surface area (Å²) in [5, 5.41) is 9.56. The minimum atomic E-state index is -1.01. The van der Waals surface area contributed by atoms with Gasteiger partial charge in [-0.2, -0.15) is 0 Å². The first-order valence-corrected chi connectivity index (χ1v) is 9.06. The second-order valence-electron chi connectivity index (χ2n) is 7.26. The van der Waals surface area contributed by atoms with Crippen molar-refractivity contribution in [2.75, 3.05) is 0 Å². The van der Waals surface area contributed by atoms with Crippen molar-refractivity contribution < 1.29 is 28.2 Å². The van der Waals surface area contributed by atoms with Crippen molar-refractivity contribution in [1.82, 2.24) is 0 Å². The van der Waals surface area contributed by atoms with E-state index in [2.05, 4.69) is 0 Å². The predicted molar refractivity (Wildman–Crippen MR) is 96.1 cm³/mol. The molecule has 0 amide bonds. The molecule has 1 fully saturated rings. The van der Waals surface area contributed by atoms with Gasteiger partial charge in [-0.3, -0.25) is 9.59 Å². The van der Waals surface area contributed by atoms with Gasteiger partial charge in [-0.1, -0.05) is 36.4 Å². The molecule has 0 heterocycles. The van der Waals surface area contributed by atoms with E-state index in [1.165, 1.54) is 48.5 Å². The van der Waals surface area contributed by atoms with E-state index in [9.17, 15) is 23.5 Å². The lowest BCUT2D eigenvalue weighted by Crippen LogP contribution is -2.35. The van der Waals surface area contributed by atoms with E-state index in [1.807, 2.05) is 12.2 Å². The first-order chi connectivity index (χ1) is 13.4. The van der Waals surface area contributed by atoms with Gasteiger partial charge in [0, 0.05) is 0 Å². The summed E-state index contributed by atoms with van der Waals surface area (Å²) in [6.45, 7) is 0. The molecule has 0 aromatic heterocycles. The Hall–Kier alpha value is -3.02. The standard InChI is InChI=1S/C22H18F2O4/c23-16-7-3-12(4-8-16)20(13-5-9-17(24)10-6-13)28-22(27)19-15-2-1-14(11-15)18(19)21(25)26/h1-10,14-15,18-20H,11H2,(H,25,26)/t14-,15-,18+,19+/m0/s1. The van der Waals surface area contributed by atoms with Crippen LogP contribution in [0.25, 0.3) is 0 Å². The quantitative estimate of drug-likeness (QED) is 0.622. The van der Waals surface area contributed by atoms with Gasteiger partial charge < -0.3 is 9.84 Å². The van der Waals surface area contributed by atoms with Gasteiger partial charge in [0.2, 0.25) is 0 Å². The highest BCUT2D eigenvalue weighted by molar-refractivity contribution is 5.83. The van der Waals surface area contributed by atoms with Gasteiger partial charge in [-0.25, -0.2) is 8.78 Å². The average molecular weight is 384 g/mol. The average Bonchev–Trinajstić information content (AvgIpc) is 3.29. The van der Waals surface area contributed by atoms with E-state index in [0.717, 1.165) is 0 Å². The molecule has 0 saturated heterocycles. The zero-order chi connectivity index (χ0) is 19.8. The summed E-state index contributed by atoms with van der Waals surface area (Å²) in [6.07, 6.45) is 3.46. The molecule has 144 valence electrons. The molecule has 4 atom stereocenters. The molecule has 4 nitrogen and oxygen atoms in total. The van der Waals surface area contributed by atoms with Crippen LogP contribution in [-0.4, -0.2) is 17.0 Å². The zero-order valence-electron chi connectivity index (χ0n) is 14.8. The Morgan fingerprint density at radius 2 is 1.32 bits per heavy atom. The van der Waals surface area contributed by atoms with Crippen molar-refractivity contribution in [3.8, 4) is 0 Å². The number of halogens is 2. The van der Waals surface area contributed by atoms with E-state index in [-0.39, 0.29) is 11.8 Å². The van der Waals surface area contributed by atoms with Crippen LogP contribution in [0.5, 0.6) is 0 Å². The number of carbonyl (C=O) groups is 2. The van der Waals surface area contributed by atoms with Crippen molar-refractivity contribution in [2.24, 2.45) is 23.7 Å². The fraction of sp³-hybridized carbons (Fsp3) is 0.273. The highest BCUT2D eigenvalue weighted by atomic mass is 19.1. The first-order valence-electron chi connectivity index (χ1n) is 9.06. The summed E-state index contributed by atoms with van der Waals surface area (Å²) in [7, 11) is 0. The van der Waals surface area contributed by atoms with Crippen LogP contribution in [0.2, 0.25) is 0 Å². The summed E-state index contributed by atoms with van der Waals surface area (Å²) in [4.78, 5) is 24.7.